The molecular formula is C13H24N4O2. The van der Waals surface area contributed by atoms with Gasteiger partial charge in [-0.3, -0.25) is 9.59 Å². The van der Waals surface area contributed by atoms with Crippen LogP contribution in [0.1, 0.15) is 13.3 Å². The van der Waals surface area contributed by atoms with Gasteiger partial charge in [-0.25, -0.2) is 0 Å². The Labute approximate surface area is 114 Å². The van der Waals surface area contributed by atoms with Crippen LogP contribution in [-0.4, -0.2) is 85.4 Å². The smallest absolute Gasteiger partial charge is 0.240 e. The molecule has 19 heavy (non-hydrogen) atoms. The SMILES string of the molecule is CCN1CCNC(CC(=O)N2CCN(C)CC2)C1=O. The van der Waals surface area contributed by atoms with Crippen molar-refractivity contribution in [3.05, 3.63) is 0 Å². The van der Waals surface area contributed by atoms with Crippen molar-refractivity contribution in [2.45, 2.75) is 19.4 Å². The number of amides is 2. The predicted molar refractivity (Wildman–Crippen MR) is 72.7 cm³/mol. The summed E-state index contributed by atoms with van der Waals surface area (Å²) < 4.78 is 0. The topological polar surface area (TPSA) is 55.9 Å². The number of hydrogen-bond acceptors (Lipinski definition) is 4. The molecule has 108 valence electrons. The maximum absolute atomic E-state index is 12.2. The number of carbonyl (C=O) groups is 2. The molecule has 2 fully saturated rings. The predicted octanol–water partition coefficient (Wildman–Crippen LogP) is -1.03. The number of nitrogens with zero attached hydrogens (tertiary/aromatic N) is 3. The largest absolute Gasteiger partial charge is 0.340 e. The van der Waals surface area contributed by atoms with Gasteiger partial charge < -0.3 is 20.0 Å². The summed E-state index contributed by atoms with van der Waals surface area (Å²) in [5.74, 6) is 0.160. The summed E-state index contributed by atoms with van der Waals surface area (Å²) in [5, 5.41) is 3.16. The van der Waals surface area contributed by atoms with E-state index in [0.29, 0.717) is 6.42 Å². The summed E-state index contributed by atoms with van der Waals surface area (Å²) >= 11 is 0. The van der Waals surface area contributed by atoms with Gasteiger partial charge in [0.1, 0.15) is 0 Å². The highest BCUT2D eigenvalue weighted by Crippen LogP contribution is 2.09. The van der Waals surface area contributed by atoms with Gasteiger partial charge in [0.2, 0.25) is 11.8 Å². The van der Waals surface area contributed by atoms with Crippen molar-refractivity contribution in [3.63, 3.8) is 0 Å². The van der Waals surface area contributed by atoms with Crippen LogP contribution >= 0.6 is 0 Å². The van der Waals surface area contributed by atoms with E-state index in [4.69, 9.17) is 0 Å². The first kappa shape index (κ1) is 14.3. The molecule has 2 heterocycles. The third-order valence-electron chi connectivity index (χ3n) is 4.00. The molecule has 2 aliphatic heterocycles. The second-order valence-electron chi connectivity index (χ2n) is 5.31. The van der Waals surface area contributed by atoms with Crippen LogP contribution in [0.25, 0.3) is 0 Å². The van der Waals surface area contributed by atoms with Gasteiger partial charge in [-0.15, -0.1) is 0 Å². The molecule has 0 aromatic heterocycles. The normalized spacial score (nSPS) is 25.8. The lowest BCUT2D eigenvalue weighted by Crippen LogP contribution is -2.57. The minimum atomic E-state index is -0.333. The summed E-state index contributed by atoms with van der Waals surface area (Å²) in [6.45, 7) is 7.59. The molecule has 0 bridgehead atoms. The lowest BCUT2D eigenvalue weighted by molar-refractivity contribution is -0.141. The zero-order chi connectivity index (χ0) is 13.8. The fourth-order valence-electron chi connectivity index (χ4n) is 2.62. The first-order valence-corrected chi connectivity index (χ1v) is 7.10. The van der Waals surface area contributed by atoms with E-state index in [1.54, 1.807) is 0 Å². The zero-order valence-electron chi connectivity index (χ0n) is 11.9. The molecule has 0 spiro atoms. The van der Waals surface area contributed by atoms with Gasteiger partial charge >= 0.3 is 0 Å². The Morgan fingerprint density at radius 3 is 2.58 bits per heavy atom. The van der Waals surface area contributed by atoms with Crippen LogP contribution in [0.15, 0.2) is 0 Å². The van der Waals surface area contributed by atoms with Gasteiger partial charge in [0, 0.05) is 45.8 Å². The van der Waals surface area contributed by atoms with Crippen LogP contribution in [0.3, 0.4) is 0 Å². The lowest BCUT2D eigenvalue weighted by Gasteiger charge is -2.35. The van der Waals surface area contributed by atoms with Gasteiger partial charge in [0.25, 0.3) is 0 Å². The van der Waals surface area contributed by atoms with E-state index in [0.717, 1.165) is 45.8 Å². The molecule has 0 aromatic carbocycles. The second-order valence-corrected chi connectivity index (χ2v) is 5.31. The third-order valence-corrected chi connectivity index (χ3v) is 4.00. The molecule has 6 nitrogen and oxygen atoms in total. The standard InChI is InChI=1S/C13H24N4O2/c1-3-16-5-4-14-11(13(16)19)10-12(18)17-8-6-15(2)7-9-17/h11,14H,3-10H2,1-2H3. The van der Waals surface area contributed by atoms with E-state index >= 15 is 0 Å². The van der Waals surface area contributed by atoms with Crippen LogP contribution in [0.2, 0.25) is 0 Å². The molecule has 1 unspecified atom stereocenters. The number of rotatable bonds is 3. The van der Waals surface area contributed by atoms with Crippen LogP contribution in [0, 0.1) is 0 Å². The molecule has 0 saturated carbocycles. The number of hydrogen-bond donors (Lipinski definition) is 1. The maximum Gasteiger partial charge on any atom is 0.240 e. The Balaban J connectivity index is 1.86. The van der Waals surface area contributed by atoms with E-state index in [2.05, 4.69) is 17.3 Å². The average molecular weight is 268 g/mol. The van der Waals surface area contributed by atoms with Gasteiger partial charge in [-0.05, 0) is 14.0 Å². The van der Waals surface area contributed by atoms with E-state index in [1.165, 1.54) is 0 Å². The summed E-state index contributed by atoms with van der Waals surface area (Å²) in [5.41, 5.74) is 0. The zero-order valence-corrected chi connectivity index (χ0v) is 11.9. The molecule has 2 rings (SSSR count). The van der Waals surface area contributed by atoms with Crippen LogP contribution in [-0.2, 0) is 9.59 Å². The highest BCUT2D eigenvalue weighted by molar-refractivity contribution is 5.89. The fraction of sp³-hybridized carbons (Fsp3) is 0.846. The summed E-state index contributed by atoms with van der Waals surface area (Å²) in [7, 11) is 2.06. The van der Waals surface area contributed by atoms with Crippen molar-refractivity contribution in [2.75, 3.05) is 52.9 Å². The van der Waals surface area contributed by atoms with Gasteiger partial charge in [0.15, 0.2) is 0 Å². The number of piperazine rings is 2. The minimum Gasteiger partial charge on any atom is -0.340 e. The van der Waals surface area contributed by atoms with E-state index in [1.807, 2.05) is 16.7 Å². The fourth-order valence-corrected chi connectivity index (χ4v) is 2.62. The Morgan fingerprint density at radius 2 is 1.95 bits per heavy atom. The highest BCUT2D eigenvalue weighted by Gasteiger charge is 2.31. The quantitative estimate of drug-likeness (QED) is 0.711. The van der Waals surface area contributed by atoms with Crippen LogP contribution < -0.4 is 5.32 Å². The van der Waals surface area contributed by atoms with Crippen molar-refractivity contribution in [1.82, 2.24) is 20.0 Å². The Bertz CT molecular complexity index is 340. The monoisotopic (exact) mass is 268 g/mol. The molecule has 1 N–H and O–H groups in total. The first-order chi connectivity index (χ1) is 9.11. The molecular weight excluding hydrogens is 244 g/mol. The van der Waals surface area contributed by atoms with Crippen molar-refractivity contribution >= 4 is 11.8 Å². The molecule has 0 aromatic rings. The molecule has 2 amide bonds. The summed E-state index contributed by atoms with van der Waals surface area (Å²) in [6, 6.07) is -0.333. The molecule has 0 aliphatic carbocycles. The molecule has 2 saturated heterocycles. The van der Waals surface area contributed by atoms with Gasteiger partial charge in [-0.1, -0.05) is 0 Å². The van der Waals surface area contributed by atoms with Gasteiger partial charge in [0.05, 0.1) is 12.5 Å². The van der Waals surface area contributed by atoms with Crippen LogP contribution in [0.5, 0.6) is 0 Å². The van der Waals surface area contributed by atoms with Crippen molar-refractivity contribution in [1.29, 1.82) is 0 Å². The number of nitrogens with one attached hydrogen (secondary N) is 1. The summed E-state index contributed by atoms with van der Waals surface area (Å²) in [6.07, 6.45) is 0.291. The molecule has 6 heteroatoms. The number of carbonyl (C=O) groups excluding carboxylic acids is 2. The Hall–Kier alpha value is -1.14. The van der Waals surface area contributed by atoms with E-state index in [9.17, 15) is 9.59 Å². The maximum atomic E-state index is 12.2. The first-order valence-electron chi connectivity index (χ1n) is 7.10. The average Bonchev–Trinajstić information content (AvgIpc) is 2.42. The summed E-state index contributed by atoms with van der Waals surface area (Å²) in [4.78, 5) is 30.2. The number of likely N-dealkylation sites (N-methyl/N-ethyl adjacent to an activating group) is 2. The minimum absolute atomic E-state index is 0.0660. The van der Waals surface area contributed by atoms with Gasteiger partial charge in [-0.2, -0.15) is 0 Å². The van der Waals surface area contributed by atoms with Crippen molar-refractivity contribution in [2.24, 2.45) is 0 Å². The second kappa shape index (κ2) is 6.34. The molecule has 2 aliphatic rings. The van der Waals surface area contributed by atoms with Crippen LogP contribution in [0.4, 0.5) is 0 Å². The molecule has 0 radical (unpaired) electrons. The lowest BCUT2D eigenvalue weighted by atomic mass is 10.1. The van der Waals surface area contributed by atoms with Crippen molar-refractivity contribution < 1.29 is 9.59 Å². The van der Waals surface area contributed by atoms with E-state index in [-0.39, 0.29) is 17.9 Å². The highest BCUT2D eigenvalue weighted by atomic mass is 16.2. The third kappa shape index (κ3) is 3.45. The van der Waals surface area contributed by atoms with E-state index < -0.39 is 0 Å². The Morgan fingerprint density at radius 1 is 1.26 bits per heavy atom. The van der Waals surface area contributed by atoms with Crippen molar-refractivity contribution in [3.8, 4) is 0 Å². The Kier molecular flexibility index (Phi) is 4.76. The molecule has 1 atom stereocenters.